The van der Waals surface area contributed by atoms with Crippen LogP contribution in [0.25, 0.3) is 0 Å². The lowest BCUT2D eigenvalue weighted by Gasteiger charge is -2.29. The summed E-state index contributed by atoms with van der Waals surface area (Å²) >= 11 is 0. The van der Waals surface area contributed by atoms with Gasteiger partial charge in [-0.2, -0.15) is 0 Å². The molecule has 0 aliphatic carbocycles. The summed E-state index contributed by atoms with van der Waals surface area (Å²) in [4.78, 5) is 14.4. The number of carbonyl (C=O) groups excluding carboxylic acids is 1. The molecule has 4 heteroatoms. The molecular weight excluding hydrogens is 240 g/mol. The van der Waals surface area contributed by atoms with Gasteiger partial charge in [0.2, 0.25) is 0 Å². The summed E-state index contributed by atoms with van der Waals surface area (Å²) in [6, 6.07) is 3.85. The molecule has 2 rings (SSSR count). The van der Waals surface area contributed by atoms with Gasteiger partial charge < -0.3 is 15.1 Å². The van der Waals surface area contributed by atoms with E-state index in [0.29, 0.717) is 24.1 Å². The van der Waals surface area contributed by atoms with Crippen LogP contribution in [0.15, 0.2) is 16.5 Å². The zero-order valence-corrected chi connectivity index (χ0v) is 12.1. The van der Waals surface area contributed by atoms with Crippen molar-refractivity contribution in [3.05, 3.63) is 23.7 Å². The fourth-order valence-electron chi connectivity index (χ4n) is 2.77. The van der Waals surface area contributed by atoms with Crippen molar-refractivity contribution >= 4 is 5.91 Å². The van der Waals surface area contributed by atoms with Gasteiger partial charge in [-0.05, 0) is 36.8 Å². The van der Waals surface area contributed by atoms with Gasteiger partial charge >= 0.3 is 0 Å². The van der Waals surface area contributed by atoms with Crippen molar-refractivity contribution in [3.63, 3.8) is 0 Å². The standard InChI is InChI=1S/C15H24N2O2/c1-15(2,3)9-11-5-4-8-17(11)14(18)13-7-6-12(10-16)19-13/h6-7,11H,4-5,8-10,16H2,1-3H3/t11-/m1/s1. The number of likely N-dealkylation sites (tertiary alicyclic amines) is 1. The zero-order chi connectivity index (χ0) is 14.0. The summed E-state index contributed by atoms with van der Waals surface area (Å²) in [6.07, 6.45) is 3.20. The van der Waals surface area contributed by atoms with Crippen LogP contribution in [0.2, 0.25) is 0 Å². The zero-order valence-electron chi connectivity index (χ0n) is 12.1. The highest BCUT2D eigenvalue weighted by Gasteiger charge is 2.33. The first kappa shape index (κ1) is 14.1. The van der Waals surface area contributed by atoms with E-state index in [1.807, 2.05) is 4.90 Å². The Hall–Kier alpha value is -1.29. The number of hydrogen-bond acceptors (Lipinski definition) is 3. The molecule has 1 aromatic rings. The monoisotopic (exact) mass is 264 g/mol. The van der Waals surface area contributed by atoms with E-state index >= 15 is 0 Å². The Labute approximate surface area is 114 Å². The molecule has 1 atom stereocenters. The van der Waals surface area contributed by atoms with Crippen molar-refractivity contribution in [1.82, 2.24) is 4.90 Å². The molecule has 1 aliphatic rings. The summed E-state index contributed by atoms with van der Waals surface area (Å²) in [5, 5.41) is 0. The second-order valence-corrected chi connectivity index (χ2v) is 6.53. The molecule has 1 fully saturated rings. The Morgan fingerprint density at radius 1 is 1.47 bits per heavy atom. The first-order valence-corrected chi connectivity index (χ1v) is 7.00. The number of nitrogens with two attached hydrogens (primary N) is 1. The number of carbonyl (C=O) groups is 1. The van der Waals surface area contributed by atoms with Gasteiger partial charge in [0.1, 0.15) is 5.76 Å². The highest BCUT2D eigenvalue weighted by atomic mass is 16.4. The van der Waals surface area contributed by atoms with Crippen LogP contribution in [0.4, 0.5) is 0 Å². The van der Waals surface area contributed by atoms with Crippen molar-refractivity contribution in [2.24, 2.45) is 11.1 Å². The minimum atomic E-state index is 0.00597. The Morgan fingerprint density at radius 3 is 2.79 bits per heavy atom. The maximum Gasteiger partial charge on any atom is 0.289 e. The number of amides is 1. The maximum atomic E-state index is 12.5. The Balaban J connectivity index is 2.09. The number of furan rings is 1. The molecule has 2 heterocycles. The molecule has 0 aromatic carbocycles. The Kier molecular flexibility index (Phi) is 3.99. The van der Waals surface area contributed by atoms with Crippen molar-refractivity contribution < 1.29 is 9.21 Å². The minimum absolute atomic E-state index is 0.00597. The van der Waals surface area contributed by atoms with Crippen molar-refractivity contribution in [3.8, 4) is 0 Å². The van der Waals surface area contributed by atoms with Crippen LogP contribution in [0, 0.1) is 5.41 Å². The summed E-state index contributed by atoms with van der Waals surface area (Å²) in [5.41, 5.74) is 5.74. The van der Waals surface area contributed by atoms with E-state index in [4.69, 9.17) is 10.2 Å². The van der Waals surface area contributed by atoms with Gasteiger partial charge in [0.05, 0.1) is 6.54 Å². The molecule has 1 aliphatic heterocycles. The molecule has 106 valence electrons. The lowest BCUT2D eigenvalue weighted by molar-refractivity contribution is 0.0670. The molecule has 0 bridgehead atoms. The van der Waals surface area contributed by atoms with Gasteiger partial charge in [0.25, 0.3) is 5.91 Å². The Bertz CT molecular complexity index is 445. The summed E-state index contributed by atoms with van der Waals surface area (Å²) in [5.74, 6) is 1.09. The van der Waals surface area contributed by atoms with E-state index in [0.717, 1.165) is 25.8 Å². The topological polar surface area (TPSA) is 59.5 Å². The molecule has 1 saturated heterocycles. The fourth-order valence-corrected chi connectivity index (χ4v) is 2.77. The van der Waals surface area contributed by atoms with E-state index in [-0.39, 0.29) is 11.3 Å². The first-order valence-electron chi connectivity index (χ1n) is 7.00. The first-order chi connectivity index (χ1) is 8.90. The van der Waals surface area contributed by atoms with Gasteiger partial charge in [-0.25, -0.2) is 0 Å². The number of hydrogen-bond donors (Lipinski definition) is 1. The van der Waals surface area contributed by atoms with Crippen molar-refractivity contribution in [2.45, 2.75) is 52.6 Å². The van der Waals surface area contributed by atoms with Crippen LogP contribution in [0.3, 0.4) is 0 Å². The second kappa shape index (κ2) is 5.37. The SMILES string of the molecule is CC(C)(C)C[C@H]1CCCN1C(=O)c1ccc(CN)o1. The van der Waals surface area contributed by atoms with Gasteiger partial charge in [0, 0.05) is 12.6 Å². The lowest BCUT2D eigenvalue weighted by Crippen LogP contribution is -2.37. The van der Waals surface area contributed by atoms with Crippen LogP contribution in [-0.2, 0) is 6.54 Å². The third-order valence-corrected chi connectivity index (χ3v) is 3.56. The third kappa shape index (κ3) is 3.38. The molecule has 1 aromatic heterocycles. The predicted molar refractivity (Wildman–Crippen MR) is 74.7 cm³/mol. The van der Waals surface area contributed by atoms with Crippen molar-refractivity contribution in [1.29, 1.82) is 0 Å². The molecule has 0 radical (unpaired) electrons. The van der Waals surface area contributed by atoms with Crippen LogP contribution < -0.4 is 5.73 Å². The number of rotatable bonds is 3. The lowest BCUT2D eigenvalue weighted by atomic mass is 9.87. The average Bonchev–Trinajstić information content (AvgIpc) is 2.94. The minimum Gasteiger partial charge on any atom is -0.455 e. The second-order valence-electron chi connectivity index (χ2n) is 6.53. The van der Waals surface area contributed by atoms with Crippen LogP contribution in [0.1, 0.15) is 56.3 Å². The van der Waals surface area contributed by atoms with Crippen LogP contribution in [0.5, 0.6) is 0 Å². The summed E-state index contributed by atoms with van der Waals surface area (Å²) in [6.45, 7) is 7.81. The molecule has 0 unspecified atom stereocenters. The smallest absolute Gasteiger partial charge is 0.289 e. The van der Waals surface area contributed by atoms with Gasteiger partial charge in [-0.15, -0.1) is 0 Å². The summed E-state index contributed by atoms with van der Waals surface area (Å²) < 4.78 is 5.47. The molecule has 0 spiro atoms. The third-order valence-electron chi connectivity index (χ3n) is 3.56. The molecule has 1 amide bonds. The Morgan fingerprint density at radius 2 is 2.21 bits per heavy atom. The molecular formula is C15H24N2O2. The van der Waals surface area contributed by atoms with Crippen molar-refractivity contribution in [2.75, 3.05) is 6.54 Å². The van der Waals surface area contributed by atoms with E-state index in [2.05, 4.69) is 20.8 Å². The van der Waals surface area contributed by atoms with Gasteiger partial charge in [0.15, 0.2) is 5.76 Å². The normalized spacial score (nSPS) is 20.0. The molecule has 2 N–H and O–H groups in total. The maximum absolute atomic E-state index is 12.5. The number of nitrogens with zero attached hydrogens (tertiary/aromatic N) is 1. The molecule has 19 heavy (non-hydrogen) atoms. The highest BCUT2D eigenvalue weighted by molar-refractivity contribution is 5.92. The van der Waals surface area contributed by atoms with E-state index in [1.54, 1.807) is 12.1 Å². The van der Waals surface area contributed by atoms with Crippen LogP contribution >= 0.6 is 0 Å². The quantitative estimate of drug-likeness (QED) is 0.913. The summed E-state index contributed by atoms with van der Waals surface area (Å²) in [7, 11) is 0. The molecule has 4 nitrogen and oxygen atoms in total. The molecule has 0 saturated carbocycles. The largest absolute Gasteiger partial charge is 0.455 e. The van der Waals surface area contributed by atoms with Gasteiger partial charge in [-0.3, -0.25) is 4.79 Å². The van der Waals surface area contributed by atoms with Gasteiger partial charge in [-0.1, -0.05) is 20.8 Å². The average molecular weight is 264 g/mol. The van der Waals surface area contributed by atoms with E-state index in [1.165, 1.54) is 0 Å². The van der Waals surface area contributed by atoms with E-state index in [9.17, 15) is 4.79 Å². The predicted octanol–water partition coefficient (Wildman–Crippen LogP) is 2.78. The highest BCUT2D eigenvalue weighted by Crippen LogP contribution is 2.31. The fraction of sp³-hybridized carbons (Fsp3) is 0.667. The van der Waals surface area contributed by atoms with E-state index < -0.39 is 0 Å². The van der Waals surface area contributed by atoms with Crippen LogP contribution in [-0.4, -0.2) is 23.4 Å².